The second-order valence-corrected chi connectivity index (χ2v) is 5.40. The van der Waals surface area contributed by atoms with Gasteiger partial charge in [0.25, 0.3) is 0 Å². The number of rotatable bonds is 6. The first kappa shape index (κ1) is 15.6. The van der Waals surface area contributed by atoms with Crippen molar-refractivity contribution in [2.75, 3.05) is 6.54 Å². The number of halogens is 2. The molecule has 2 rings (SSSR count). The number of benzene rings is 2. The number of aryl methyl sites for hydroxylation is 1. The first-order valence-electron chi connectivity index (χ1n) is 7.33. The molecule has 0 aliphatic heterocycles. The van der Waals surface area contributed by atoms with E-state index in [1.54, 1.807) is 0 Å². The summed E-state index contributed by atoms with van der Waals surface area (Å²) < 4.78 is 26.7. The maximum atomic E-state index is 13.3. The molecule has 21 heavy (non-hydrogen) atoms. The van der Waals surface area contributed by atoms with Crippen molar-refractivity contribution in [3.8, 4) is 0 Å². The van der Waals surface area contributed by atoms with E-state index < -0.39 is 11.6 Å². The van der Waals surface area contributed by atoms with Gasteiger partial charge in [-0.2, -0.15) is 0 Å². The topological polar surface area (TPSA) is 12.0 Å². The minimum Gasteiger partial charge on any atom is -0.310 e. The molecule has 0 aromatic heterocycles. The largest absolute Gasteiger partial charge is 0.310 e. The van der Waals surface area contributed by atoms with Crippen LogP contribution >= 0.6 is 0 Å². The van der Waals surface area contributed by atoms with Crippen molar-refractivity contribution in [2.24, 2.45) is 0 Å². The van der Waals surface area contributed by atoms with Crippen LogP contribution in [0.5, 0.6) is 0 Å². The lowest BCUT2D eigenvalue weighted by atomic mass is 9.97. The van der Waals surface area contributed by atoms with Gasteiger partial charge in [-0.05, 0) is 49.6 Å². The zero-order valence-corrected chi connectivity index (χ0v) is 12.5. The third-order valence-electron chi connectivity index (χ3n) is 3.45. The molecule has 2 aromatic rings. The maximum absolute atomic E-state index is 13.3. The van der Waals surface area contributed by atoms with E-state index in [-0.39, 0.29) is 6.04 Å². The minimum atomic E-state index is -0.525. The highest BCUT2D eigenvalue weighted by Crippen LogP contribution is 2.21. The second kappa shape index (κ2) is 7.32. The highest BCUT2D eigenvalue weighted by molar-refractivity contribution is 5.28. The third-order valence-corrected chi connectivity index (χ3v) is 3.45. The summed E-state index contributed by atoms with van der Waals surface area (Å²) in [5.74, 6) is -1.05. The van der Waals surface area contributed by atoms with Crippen LogP contribution in [-0.4, -0.2) is 6.54 Å². The van der Waals surface area contributed by atoms with E-state index >= 15 is 0 Å². The Balaban J connectivity index is 2.23. The van der Waals surface area contributed by atoms with Crippen LogP contribution in [0.25, 0.3) is 0 Å². The molecule has 0 aliphatic rings. The van der Waals surface area contributed by atoms with E-state index in [1.165, 1.54) is 17.7 Å². The molecule has 0 bridgehead atoms. The first-order chi connectivity index (χ1) is 10.1. The summed E-state index contributed by atoms with van der Waals surface area (Å²) >= 11 is 0. The predicted octanol–water partition coefficient (Wildman–Crippen LogP) is 4.56. The van der Waals surface area contributed by atoms with Gasteiger partial charge in [0.05, 0.1) is 0 Å². The van der Waals surface area contributed by atoms with Gasteiger partial charge in [0.15, 0.2) is 0 Å². The molecule has 1 atom stereocenters. The number of nitrogens with one attached hydrogen (secondary N) is 1. The Bertz CT molecular complexity index is 575. The summed E-state index contributed by atoms with van der Waals surface area (Å²) in [5.41, 5.74) is 3.00. The Morgan fingerprint density at radius 2 is 1.76 bits per heavy atom. The van der Waals surface area contributed by atoms with Crippen molar-refractivity contribution in [3.05, 3.63) is 70.8 Å². The standard InChI is InChI=1S/C18H21F2N/c1-3-7-21-18(15-6-4-5-13(2)8-15)11-14-9-16(19)12-17(20)10-14/h4-6,8-10,12,18,21H,3,7,11H2,1-2H3. The molecule has 0 spiro atoms. The fourth-order valence-corrected chi connectivity index (χ4v) is 2.48. The Hall–Kier alpha value is -1.74. The lowest BCUT2D eigenvalue weighted by molar-refractivity contribution is 0.522. The molecule has 0 fully saturated rings. The number of hydrogen-bond donors (Lipinski definition) is 1. The molecule has 0 amide bonds. The molecule has 0 heterocycles. The number of hydrogen-bond acceptors (Lipinski definition) is 1. The Morgan fingerprint density at radius 3 is 2.38 bits per heavy atom. The molecule has 0 saturated heterocycles. The van der Waals surface area contributed by atoms with Crippen molar-refractivity contribution in [1.82, 2.24) is 5.32 Å². The fraction of sp³-hybridized carbons (Fsp3) is 0.333. The SMILES string of the molecule is CCCNC(Cc1cc(F)cc(F)c1)c1cccc(C)c1. The van der Waals surface area contributed by atoms with Crippen LogP contribution in [0.15, 0.2) is 42.5 Å². The zero-order chi connectivity index (χ0) is 15.2. The normalized spacial score (nSPS) is 12.4. The molecule has 3 heteroatoms. The van der Waals surface area contributed by atoms with Gasteiger partial charge < -0.3 is 5.32 Å². The molecule has 1 N–H and O–H groups in total. The van der Waals surface area contributed by atoms with Crippen molar-refractivity contribution in [2.45, 2.75) is 32.7 Å². The summed E-state index contributed by atoms with van der Waals surface area (Å²) in [6, 6.07) is 12.0. The van der Waals surface area contributed by atoms with Crippen LogP contribution in [0.4, 0.5) is 8.78 Å². The monoisotopic (exact) mass is 289 g/mol. The minimum absolute atomic E-state index is 0.0612. The van der Waals surface area contributed by atoms with Crippen molar-refractivity contribution in [1.29, 1.82) is 0 Å². The first-order valence-corrected chi connectivity index (χ1v) is 7.33. The molecular formula is C18H21F2N. The van der Waals surface area contributed by atoms with Gasteiger partial charge in [-0.25, -0.2) is 8.78 Å². The highest BCUT2D eigenvalue weighted by Gasteiger charge is 2.13. The fourth-order valence-electron chi connectivity index (χ4n) is 2.48. The van der Waals surface area contributed by atoms with Crippen LogP contribution in [0.2, 0.25) is 0 Å². The average molecular weight is 289 g/mol. The van der Waals surface area contributed by atoms with E-state index in [2.05, 4.69) is 24.4 Å². The quantitative estimate of drug-likeness (QED) is 0.822. The Kier molecular flexibility index (Phi) is 5.45. The van der Waals surface area contributed by atoms with Gasteiger partial charge in [0, 0.05) is 12.1 Å². The van der Waals surface area contributed by atoms with Crippen LogP contribution < -0.4 is 5.32 Å². The van der Waals surface area contributed by atoms with Crippen LogP contribution in [0.3, 0.4) is 0 Å². The lowest BCUT2D eigenvalue weighted by Gasteiger charge is -2.20. The molecule has 0 saturated carbocycles. The summed E-state index contributed by atoms with van der Waals surface area (Å²) in [4.78, 5) is 0. The summed E-state index contributed by atoms with van der Waals surface area (Å²) in [5, 5.41) is 3.46. The molecule has 1 unspecified atom stereocenters. The Morgan fingerprint density at radius 1 is 1.05 bits per heavy atom. The van der Waals surface area contributed by atoms with E-state index in [1.807, 2.05) is 19.1 Å². The van der Waals surface area contributed by atoms with Gasteiger partial charge in [-0.15, -0.1) is 0 Å². The van der Waals surface area contributed by atoms with E-state index in [0.717, 1.165) is 24.6 Å². The van der Waals surface area contributed by atoms with Gasteiger partial charge in [-0.1, -0.05) is 36.8 Å². The summed E-state index contributed by atoms with van der Waals surface area (Å²) in [6.45, 7) is 5.01. The zero-order valence-electron chi connectivity index (χ0n) is 12.5. The predicted molar refractivity (Wildman–Crippen MR) is 82.3 cm³/mol. The van der Waals surface area contributed by atoms with Gasteiger partial charge in [0.2, 0.25) is 0 Å². The molecule has 0 radical (unpaired) electrons. The average Bonchev–Trinajstić information content (AvgIpc) is 2.42. The Labute approximate surface area is 125 Å². The van der Waals surface area contributed by atoms with E-state index in [4.69, 9.17) is 0 Å². The van der Waals surface area contributed by atoms with Crippen LogP contribution in [0.1, 0.15) is 36.1 Å². The molecule has 112 valence electrons. The van der Waals surface area contributed by atoms with Crippen molar-refractivity contribution >= 4 is 0 Å². The molecular weight excluding hydrogens is 268 g/mol. The van der Waals surface area contributed by atoms with Crippen molar-refractivity contribution in [3.63, 3.8) is 0 Å². The van der Waals surface area contributed by atoms with Gasteiger partial charge in [-0.3, -0.25) is 0 Å². The lowest BCUT2D eigenvalue weighted by Crippen LogP contribution is -2.24. The van der Waals surface area contributed by atoms with Gasteiger partial charge >= 0.3 is 0 Å². The second-order valence-electron chi connectivity index (χ2n) is 5.40. The summed E-state index contributed by atoms with van der Waals surface area (Å²) in [7, 11) is 0. The smallest absolute Gasteiger partial charge is 0.126 e. The maximum Gasteiger partial charge on any atom is 0.126 e. The van der Waals surface area contributed by atoms with Crippen LogP contribution in [0, 0.1) is 18.6 Å². The van der Waals surface area contributed by atoms with Crippen LogP contribution in [-0.2, 0) is 6.42 Å². The molecule has 1 nitrogen and oxygen atoms in total. The van der Waals surface area contributed by atoms with Crippen molar-refractivity contribution < 1.29 is 8.78 Å². The van der Waals surface area contributed by atoms with Gasteiger partial charge in [0.1, 0.15) is 11.6 Å². The van der Waals surface area contributed by atoms with E-state index in [9.17, 15) is 8.78 Å². The molecule has 0 aliphatic carbocycles. The highest BCUT2D eigenvalue weighted by atomic mass is 19.1. The van der Waals surface area contributed by atoms with E-state index in [0.29, 0.717) is 12.0 Å². The molecule has 2 aromatic carbocycles. The summed E-state index contributed by atoms with van der Waals surface area (Å²) in [6.07, 6.45) is 1.58. The third kappa shape index (κ3) is 4.64.